The summed E-state index contributed by atoms with van der Waals surface area (Å²) in [6, 6.07) is 11.4. The topological polar surface area (TPSA) is 42.2 Å². The summed E-state index contributed by atoms with van der Waals surface area (Å²) >= 11 is 5.87. The molecule has 0 saturated carbocycles. The lowest BCUT2D eigenvalue weighted by molar-refractivity contribution is 0.0699. The van der Waals surface area contributed by atoms with Crippen LogP contribution >= 0.6 is 11.6 Å². The van der Waals surface area contributed by atoms with Gasteiger partial charge in [0, 0.05) is 28.7 Å². The van der Waals surface area contributed by atoms with E-state index >= 15 is 0 Å². The van der Waals surface area contributed by atoms with Gasteiger partial charge in [-0.15, -0.1) is 0 Å². The molecule has 0 unspecified atom stereocenters. The number of carbonyl (C=O) groups is 1. The lowest BCUT2D eigenvalue weighted by Crippen LogP contribution is -1.99. The fraction of sp³-hybridized carbons (Fsp3) is 0.0556. The maximum Gasteiger partial charge on any atom is 0.337 e. The highest BCUT2D eigenvalue weighted by Crippen LogP contribution is 2.25. The predicted molar refractivity (Wildman–Crippen MR) is 89.3 cm³/mol. The Balaban J connectivity index is 2.01. The summed E-state index contributed by atoms with van der Waals surface area (Å²) in [6.07, 6.45) is 1.51. The number of fused-ring (bicyclic) bond motifs is 1. The molecule has 0 aliphatic rings. The average Bonchev–Trinajstić information content (AvgIpc) is 2.86. The largest absolute Gasteiger partial charge is 0.478 e. The number of rotatable bonds is 4. The van der Waals surface area contributed by atoms with Crippen LogP contribution in [-0.4, -0.2) is 15.6 Å². The number of carboxylic acid groups (broad SMARTS) is 1. The van der Waals surface area contributed by atoms with Crippen molar-refractivity contribution in [2.24, 2.45) is 0 Å². The number of hydrogen-bond donors (Lipinski definition) is 1. The first-order chi connectivity index (χ1) is 11.0. The van der Waals surface area contributed by atoms with Gasteiger partial charge in [0.1, 0.15) is 5.82 Å². The SMILES string of the molecule is C=C(Cn1cc(C(=O)O)c2cc(F)ccc21)c1ccc(Cl)cc1. The third-order valence-corrected chi connectivity index (χ3v) is 3.94. The van der Waals surface area contributed by atoms with Crippen LogP contribution in [0.2, 0.25) is 5.02 Å². The summed E-state index contributed by atoms with van der Waals surface area (Å²) in [7, 11) is 0. The molecular formula is C18H13ClFNO2. The van der Waals surface area contributed by atoms with Gasteiger partial charge < -0.3 is 9.67 Å². The first-order valence-electron chi connectivity index (χ1n) is 6.91. The van der Waals surface area contributed by atoms with Crippen molar-refractivity contribution in [3.05, 3.63) is 77.2 Å². The Hall–Kier alpha value is -2.59. The standard InChI is InChI=1S/C18H13ClFNO2/c1-11(12-2-4-13(19)5-3-12)9-21-10-16(18(22)23)15-8-14(20)6-7-17(15)21/h2-8,10H,1,9H2,(H,22,23). The fourth-order valence-electron chi connectivity index (χ4n) is 2.55. The van der Waals surface area contributed by atoms with Gasteiger partial charge >= 0.3 is 5.97 Å². The van der Waals surface area contributed by atoms with Crippen molar-refractivity contribution in [1.82, 2.24) is 4.57 Å². The molecule has 0 aliphatic heterocycles. The molecule has 0 saturated heterocycles. The number of nitrogens with zero attached hydrogens (tertiary/aromatic N) is 1. The van der Waals surface area contributed by atoms with Gasteiger partial charge in [-0.05, 0) is 41.5 Å². The van der Waals surface area contributed by atoms with Gasteiger partial charge in [0.15, 0.2) is 0 Å². The number of benzene rings is 2. The van der Waals surface area contributed by atoms with Crippen LogP contribution in [0, 0.1) is 5.82 Å². The van der Waals surface area contributed by atoms with Gasteiger partial charge in [-0.25, -0.2) is 9.18 Å². The van der Waals surface area contributed by atoms with Crippen LogP contribution < -0.4 is 0 Å². The van der Waals surface area contributed by atoms with E-state index in [2.05, 4.69) is 6.58 Å². The molecule has 0 spiro atoms. The minimum atomic E-state index is -1.09. The maximum atomic E-state index is 13.4. The van der Waals surface area contributed by atoms with Crippen molar-refractivity contribution in [3.8, 4) is 0 Å². The van der Waals surface area contributed by atoms with E-state index < -0.39 is 11.8 Å². The Morgan fingerprint density at radius 3 is 2.57 bits per heavy atom. The van der Waals surface area contributed by atoms with E-state index in [9.17, 15) is 14.3 Å². The van der Waals surface area contributed by atoms with E-state index in [1.807, 2.05) is 12.1 Å². The zero-order valence-corrected chi connectivity index (χ0v) is 12.8. The van der Waals surface area contributed by atoms with E-state index in [1.54, 1.807) is 22.8 Å². The monoisotopic (exact) mass is 329 g/mol. The van der Waals surface area contributed by atoms with Crippen molar-refractivity contribution in [1.29, 1.82) is 0 Å². The summed E-state index contributed by atoms with van der Waals surface area (Å²) in [4.78, 5) is 11.4. The molecule has 1 N–H and O–H groups in total. The highest BCUT2D eigenvalue weighted by molar-refractivity contribution is 6.30. The molecule has 5 heteroatoms. The molecule has 0 aliphatic carbocycles. The van der Waals surface area contributed by atoms with Crippen LogP contribution in [-0.2, 0) is 6.54 Å². The lowest BCUT2D eigenvalue weighted by Gasteiger charge is -2.09. The normalized spacial score (nSPS) is 10.9. The molecule has 3 nitrogen and oxygen atoms in total. The second kappa shape index (κ2) is 5.89. The van der Waals surface area contributed by atoms with Gasteiger partial charge in [-0.1, -0.05) is 30.3 Å². The number of allylic oxidation sites excluding steroid dienone is 1. The van der Waals surface area contributed by atoms with Crippen molar-refractivity contribution >= 4 is 34.0 Å². The Labute approximate surface area is 137 Å². The quantitative estimate of drug-likeness (QED) is 0.743. The van der Waals surface area contributed by atoms with Gasteiger partial charge in [-0.2, -0.15) is 0 Å². The number of aromatic nitrogens is 1. The molecule has 0 radical (unpaired) electrons. The van der Waals surface area contributed by atoms with Crippen LogP contribution in [0.4, 0.5) is 4.39 Å². The van der Waals surface area contributed by atoms with E-state index in [1.165, 1.54) is 18.3 Å². The highest BCUT2D eigenvalue weighted by Gasteiger charge is 2.15. The molecule has 3 aromatic rings. The van der Waals surface area contributed by atoms with Crippen molar-refractivity contribution in [2.45, 2.75) is 6.54 Å². The number of halogens is 2. The zero-order chi connectivity index (χ0) is 16.6. The average molecular weight is 330 g/mol. The van der Waals surface area contributed by atoms with Crippen molar-refractivity contribution in [3.63, 3.8) is 0 Å². The van der Waals surface area contributed by atoms with Crippen LogP contribution in [0.3, 0.4) is 0 Å². The Morgan fingerprint density at radius 1 is 1.22 bits per heavy atom. The molecule has 0 amide bonds. The summed E-state index contributed by atoms with van der Waals surface area (Å²) in [5.41, 5.74) is 2.44. The molecule has 2 aromatic carbocycles. The van der Waals surface area contributed by atoms with E-state index in [-0.39, 0.29) is 5.56 Å². The molecular weight excluding hydrogens is 317 g/mol. The summed E-state index contributed by atoms with van der Waals surface area (Å²) in [5, 5.41) is 10.3. The van der Waals surface area contributed by atoms with Crippen molar-refractivity contribution < 1.29 is 14.3 Å². The Bertz CT molecular complexity index is 913. The van der Waals surface area contributed by atoms with Gasteiger partial charge in [0.2, 0.25) is 0 Å². The fourth-order valence-corrected chi connectivity index (χ4v) is 2.68. The predicted octanol–water partition coefficient (Wildman–Crippen LogP) is 4.85. The van der Waals surface area contributed by atoms with Gasteiger partial charge in [0.05, 0.1) is 5.56 Å². The van der Waals surface area contributed by atoms with E-state index in [0.717, 1.165) is 11.1 Å². The summed E-state index contributed by atoms with van der Waals surface area (Å²) in [6.45, 7) is 4.44. The van der Waals surface area contributed by atoms with Gasteiger partial charge in [-0.3, -0.25) is 0 Å². The first-order valence-corrected chi connectivity index (χ1v) is 7.29. The van der Waals surface area contributed by atoms with Crippen molar-refractivity contribution in [2.75, 3.05) is 0 Å². The van der Waals surface area contributed by atoms with E-state index in [0.29, 0.717) is 22.5 Å². The highest BCUT2D eigenvalue weighted by atomic mass is 35.5. The van der Waals surface area contributed by atoms with Crippen LogP contribution in [0.5, 0.6) is 0 Å². The minimum absolute atomic E-state index is 0.0726. The van der Waals surface area contributed by atoms with Crippen LogP contribution in [0.15, 0.2) is 55.2 Å². The molecule has 0 bridgehead atoms. The molecule has 3 rings (SSSR count). The molecule has 116 valence electrons. The zero-order valence-electron chi connectivity index (χ0n) is 12.1. The maximum absolute atomic E-state index is 13.4. The second-order valence-electron chi connectivity index (χ2n) is 5.25. The molecule has 23 heavy (non-hydrogen) atoms. The molecule has 0 fully saturated rings. The number of hydrogen-bond acceptors (Lipinski definition) is 1. The summed E-state index contributed by atoms with van der Waals surface area (Å²) < 4.78 is 15.2. The van der Waals surface area contributed by atoms with E-state index in [4.69, 9.17) is 11.6 Å². The Morgan fingerprint density at radius 2 is 1.91 bits per heavy atom. The number of aromatic carboxylic acids is 1. The third kappa shape index (κ3) is 2.98. The third-order valence-electron chi connectivity index (χ3n) is 3.69. The number of carboxylic acids is 1. The molecule has 0 atom stereocenters. The van der Waals surface area contributed by atoms with Crippen LogP contribution in [0.1, 0.15) is 15.9 Å². The molecule has 1 heterocycles. The second-order valence-corrected chi connectivity index (χ2v) is 5.68. The molecule has 1 aromatic heterocycles. The summed E-state index contributed by atoms with van der Waals surface area (Å²) in [5.74, 6) is -1.55. The lowest BCUT2D eigenvalue weighted by atomic mass is 10.1. The Kier molecular flexibility index (Phi) is 3.92. The minimum Gasteiger partial charge on any atom is -0.478 e. The van der Waals surface area contributed by atoms with Crippen LogP contribution in [0.25, 0.3) is 16.5 Å². The first kappa shape index (κ1) is 15.3. The smallest absolute Gasteiger partial charge is 0.337 e. The van der Waals surface area contributed by atoms with Gasteiger partial charge in [0.25, 0.3) is 0 Å².